The molecular weight excluding hydrogens is 208 g/mol. The number of hydrogen-bond acceptors (Lipinski definition) is 5. The highest BCUT2D eigenvalue weighted by Crippen LogP contribution is 2.22. The maximum Gasteiger partial charge on any atom is 0.374 e. The Morgan fingerprint density at radius 3 is 2.81 bits per heavy atom. The fraction of sp³-hybridized carbons (Fsp3) is 0.545. The van der Waals surface area contributed by atoms with E-state index in [1.165, 1.54) is 7.11 Å². The second kappa shape index (κ2) is 4.57. The molecule has 1 saturated heterocycles. The molecule has 1 aromatic heterocycles. The zero-order chi connectivity index (χ0) is 11.5. The van der Waals surface area contributed by atoms with E-state index < -0.39 is 5.97 Å². The molecule has 0 aliphatic carbocycles. The van der Waals surface area contributed by atoms with Crippen molar-refractivity contribution in [3.05, 3.63) is 17.9 Å². The molecule has 0 aromatic carbocycles. The fourth-order valence-corrected chi connectivity index (χ4v) is 1.83. The molecule has 1 aliphatic heterocycles. The molecule has 0 radical (unpaired) electrons. The summed E-state index contributed by atoms with van der Waals surface area (Å²) in [4.78, 5) is 13.3. The van der Waals surface area contributed by atoms with Crippen LogP contribution < -0.4 is 10.6 Å². The smallest absolute Gasteiger partial charge is 0.374 e. The molecule has 1 aromatic rings. The molecule has 2 rings (SSSR count). The minimum absolute atomic E-state index is 0.243. The first kappa shape index (κ1) is 11.0. The highest BCUT2D eigenvalue weighted by molar-refractivity contribution is 5.86. The molecule has 0 amide bonds. The fourth-order valence-electron chi connectivity index (χ4n) is 1.83. The van der Waals surface area contributed by atoms with Crippen LogP contribution in [-0.2, 0) is 4.74 Å². The van der Waals surface area contributed by atoms with Crippen molar-refractivity contribution >= 4 is 11.9 Å². The summed E-state index contributed by atoms with van der Waals surface area (Å²) in [5.41, 5.74) is 5.82. The van der Waals surface area contributed by atoms with Crippen molar-refractivity contribution in [1.29, 1.82) is 0 Å². The highest BCUT2D eigenvalue weighted by atomic mass is 16.5. The minimum Gasteiger partial charge on any atom is -0.463 e. The number of hydrogen-bond donors (Lipinski definition) is 1. The van der Waals surface area contributed by atoms with E-state index in [-0.39, 0.29) is 11.8 Å². The van der Waals surface area contributed by atoms with Gasteiger partial charge in [-0.25, -0.2) is 4.79 Å². The third-order valence-corrected chi connectivity index (χ3v) is 2.83. The average Bonchev–Trinajstić information content (AvgIpc) is 2.78. The number of anilines is 1. The Bertz CT molecular complexity index is 367. The van der Waals surface area contributed by atoms with Gasteiger partial charge in [0.25, 0.3) is 0 Å². The number of methoxy groups -OCH3 is 1. The van der Waals surface area contributed by atoms with Crippen LogP contribution in [0.4, 0.5) is 5.88 Å². The molecule has 0 bridgehead atoms. The number of ether oxygens (including phenoxy) is 1. The van der Waals surface area contributed by atoms with Crippen LogP contribution in [0.25, 0.3) is 0 Å². The van der Waals surface area contributed by atoms with Crippen molar-refractivity contribution in [1.82, 2.24) is 0 Å². The van der Waals surface area contributed by atoms with Crippen LogP contribution in [-0.4, -0.2) is 32.2 Å². The molecule has 2 heterocycles. The van der Waals surface area contributed by atoms with Gasteiger partial charge in [-0.05, 0) is 18.9 Å². The summed E-state index contributed by atoms with van der Waals surface area (Å²) in [5.74, 6) is 0.514. The molecule has 1 fully saturated rings. The van der Waals surface area contributed by atoms with Gasteiger partial charge >= 0.3 is 5.97 Å². The lowest BCUT2D eigenvalue weighted by Gasteiger charge is -2.29. The summed E-state index contributed by atoms with van der Waals surface area (Å²) >= 11 is 0. The maximum atomic E-state index is 11.2. The molecule has 0 spiro atoms. The van der Waals surface area contributed by atoms with E-state index in [1.807, 2.05) is 0 Å². The summed E-state index contributed by atoms with van der Waals surface area (Å²) in [6.07, 6.45) is 1.91. The number of carbonyl (C=O) groups is 1. The number of nitrogens with two attached hydrogens (primary N) is 1. The molecule has 0 atom stereocenters. The molecule has 1 aliphatic rings. The SMILES string of the molecule is COC(=O)c1ccc(N2CCC(N)CC2)o1. The number of nitrogens with zero attached hydrogens (tertiary/aromatic N) is 1. The van der Waals surface area contributed by atoms with Crippen LogP contribution in [0.1, 0.15) is 23.4 Å². The van der Waals surface area contributed by atoms with Crippen LogP contribution in [0, 0.1) is 0 Å². The number of furan rings is 1. The normalized spacial score (nSPS) is 17.5. The Hall–Kier alpha value is -1.49. The Labute approximate surface area is 94.1 Å². The third-order valence-electron chi connectivity index (χ3n) is 2.83. The monoisotopic (exact) mass is 224 g/mol. The number of rotatable bonds is 2. The predicted octanol–water partition coefficient (Wildman–Crippen LogP) is 0.994. The molecule has 2 N–H and O–H groups in total. The number of carbonyl (C=O) groups excluding carboxylic acids is 1. The van der Waals surface area contributed by atoms with Gasteiger partial charge in [0.1, 0.15) is 0 Å². The van der Waals surface area contributed by atoms with Crippen molar-refractivity contribution in [3.8, 4) is 0 Å². The van der Waals surface area contributed by atoms with Gasteiger partial charge in [-0.1, -0.05) is 0 Å². The first-order valence-corrected chi connectivity index (χ1v) is 5.39. The second-order valence-corrected chi connectivity index (χ2v) is 3.95. The van der Waals surface area contributed by atoms with E-state index in [0.29, 0.717) is 5.88 Å². The van der Waals surface area contributed by atoms with E-state index in [0.717, 1.165) is 25.9 Å². The van der Waals surface area contributed by atoms with E-state index in [1.54, 1.807) is 12.1 Å². The summed E-state index contributed by atoms with van der Waals surface area (Å²) in [6.45, 7) is 1.74. The largest absolute Gasteiger partial charge is 0.463 e. The van der Waals surface area contributed by atoms with E-state index >= 15 is 0 Å². The van der Waals surface area contributed by atoms with Crippen molar-refractivity contribution in [2.45, 2.75) is 18.9 Å². The summed E-state index contributed by atoms with van der Waals surface area (Å²) in [7, 11) is 1.34. The van der Waals surface area contributed by atoms with Crippen LogP contribution in [0.2, 0.25) is 0 Å². The van der Waals surface area contributed by atoms with Crippen LogP contribution >= 0.6 is 0 Å². The summed E-state index contributed by atoms with van der Waals surface area (Å²) in [6, 6.07) is 3.71. The zero-order valence-corrected chi connectivity index (χ0v) is 9.31. The van der Waals surface area contributed by atoms with Gasteiger partial charge in [0.15, 0.2) is 5.88 Å². The Kier molecular flexibility index (Phi) is 3.14. The van der Waals surface area contributed by atoms with Gasteiger partial charge in [0.05, 0.1) is 7.11 Å². The lowest BCUT2D eigenvalue weighted by atomic mass is 10.1. The summed E-state index contributed by atoms with van der Waals surface area (Å²) < 4.78 is 10.0. The van der Waals surface area contributed by atoms with E-state index in [9.17, 15) is 4.79 Å². The summed E-state index contributed by atoms with van der Waals surface area (Å²) in [5, 5.41) is 0. The van der Waals surface area contributed by atoms with Gasteiger partial charge < -0.3 is 19.8 Å². The third kappa shape index (κ3) is 2.19. The van der Waals surface area contributed by atoms with Gasteiger partial charge in [0, 0.05) is 25.2 Å². The van der Waals surface area contributed by atoms with Crippen LogP contribution in [0.3, 0.4) is 0 Å². The highest BCUT2D eigenvalue weighted by Gasteiger charge is 2.20. The molecule has 16 heavy (non-hydrogen) atoms. The number of esters is 1. The van der Waals surface area contributed by atoms with Gasteiger partial charge in [-0.3, -0.25) is 0 Å². The molecule has 5 heteroatoms. The van der Waals surface area contributed by atoms with Gasteiger partial charge in [-0.15, -0.1) is 0 Å². The standard InChI is InChI=1S/C11H16N2O3/c1-15-11(14)9-2-3-10(16-9)13-6-4-8(12)5-7-13/h2-3,8H,4-7,12H2,1H3. The Balaban J connectivity index is 2.04. The van der Waals surface area contributed by atoms with Crippen molar-refractivity contribution in [2.24, 2.45) is 5.73 Å². The topological polar surface area (TPSA) is 68.7 Å². The maximum absolute atomic E-state index is 11.2. The predicted molar refractivity (Wildman–Crippen MR) is 59.5 cm³/mol. The average molecular weight is 224 g/mol. The molecule has 5 nitrogen and oxygen atoms in total. The van der Waals surface area contributed by atoms with E-state index in [2.05, 4.69) is 9.64 Å². The van der Waals surface area contributed by atoms with Crippen molar-refractivity contribution < 1.29 is 13.9 Å². The molecule has 0 unspecified atom stereocenters. The quantitative estimate of drug-likeness (QED) is 0.759. The number of piperidine rings is 1. The van der Waals surface area contributed by atoms with E-state index in [4.69, 9.17) is 10.2 Å². The van der Waals surface area contributed by atoms with Crippen molar-refractivity contribution in [3.63, 3.8) is 0 Å². The molecule has 0 saturated carbocycles. The Morgan fingerprint density at radius 2 is 2.19 bits per heavy atom. The lowest BCUT2D eigenvalue weighted by molar-refractivity contribution is 0.0565. The second-order valence-electron chi connectivity index (χ2n) is 3.95. The van der Waals surface area contributed by atoms with Crippen molar-refractivity contribution in [2.75, 3.05) is 25.1 Å². The van der Waals surface area contributed by atoms with Gasteiger partial charge in [0.2, 0.25) is 5.76 Å². The molecule has 88 valence electrons. The first-order chi connectivity index (χ1) is 7.70. The zero-order valence-electron chi connectivity index (χ0n) is 9.31. The van der Waals surface area contributed by atoms with Gasteiger partial charge in [-0.2, -0.15) is 0 Å². The Morgan fingerprint density at radius 1 is 1.50 bits per heavy atom. The molecular formula is C11H16N2O3. The van der Waals surface area contributed by atoms with Crippen LogP contribution in [0.5, 0.6) is 0 Å². The minimum atomic E-state index is -0.444. The van der Waals surface area contributed by atoms with Crippen LogP contribution in [0.15, 0.2) is 16.5 Å². The first-order valence-electron chi connectivity index (χ1n) is 5.39. The lowest BCUT2D eigenvalue weighted by Crippen LogP contribution is -2.39.